The van der Waals surface area contributed by atoms with Gasteiger partial charge in [0.15, 0.2) is 0 Å². The van der Waals surface area contributed by atoms with Crippen LogP contribution in [0.25, 0.3) is 0 Å². The van der Waals surface area contributed by atoms with Gasteiger partial charge in [0.1, 0.15) is 5.82 Å². The number of halogens is 2. The number of hydrogen-bond donors (Lipinski definition) is 1. The third kappa shape index (κ3) is 4.31. The van der Waals surface area contributed by atoms with Crippen LogP contribution in [0, 0.1) is 21.2 Å². The van der Waals surface area contributed by atoms with Gasteiger partial charge in [0, 0.05) is 28.7 Å². The highest BCUT2D eigenvalue weighted by Gasteiger charge is 2.31. The Bertz CT molecular complexity index is 476. The number of rotatable bonds is 4. The molecule has 1 aliphatic rings. The van der Waals surface area contributed by atoms with E-state index in [0.29, 0.717) is 23.9 Å². The van der Waals surface area contributed by atoms with E-state index in [0.717, 1.165) is 16.7 Å². The van der Waals surface area contributed by atoms with Crippen LogP contribution in [-0.4, -0.2) is 25.2 Å². The second kappa shape index (κ2) is 7.27. The molecule has 0 saturated carbocycles. The molecule has 1 aromatic rings. The number of benzene rings is 1. The Kier molecular flexibility index (Phi) is 5.88. The van der Waals surface area contributed by atoms with E-state index in [1.807, 2.05) is 6.07 Å². The first-order valence-corrected chi connectivity index (χ1v) is 8.91. The van der Waals surface area contributed by atoms with Gasteiger partial charge in [0.25, 0.3) is 0 Å². The fraction of sp³-hybridized carbons (Fsp3) is 0.647. The number of anilines is 1. The third-order valence-corrected chi connectivity index (χ3v) is 5.04. The lowest BCUT2D eigenvalue weighted by atomic mass is 9.94. The monoisotopic (exact) mass is 404 g/mol. The normalized spacial score (nSPS) is 23.1. The van der Waals surface area contributed by atoms with E-state index in [4.69, 9.17) is 0 Å². The van der Waals surface area contributed by atoms with Crippen molar-refractivity contribution in [2.45, 2.75) is 46.2 Å². The predicted octanol–water partition coefficient (Wildman–Crippen LogP) is 4.28. The molecule has 0 aromatic heterocycles. The first-order chi connectivity index (χ1) is 9.88. The zero-order chi connectivity index (χ0) is 15.6. The van der Waals surface area contributed by atoms with Gasteiger partial charge in [-0.3, -0.25) is 0 Å². The maximum atomic E-state index is 13.4. The van der Waals surface area contributed by atoms with Crippen molar-refractivity contribution >= 4 is 28.3 Å². The van der Waals surface area contributed by atoms with Crippen molar-refractivity contribution in [1.82, 2.24) is 5.32 Å². The van der Waals surface area contributed by atoms with E-state index >= 15 is 0 Å². The molecule has 1 aliphatic heterocycles. The maximum absolute atomic E-state index is 13.4. The summed E-state index contributed by atoms with van der Waals surface area (Å²) in [5.41, 5.74) is 1.17. The molecule has 0 aliphatic carbocycles. The quantitative estimate of drug-likeness (QED) is 0.754. The molecular weight excluding hydrogens is 378 g/mol. The molecule has 1 heterocycles. The average Bonchev–Trinajstić information content (AvgIpc) is 2.37. The summed E-state index contributed by atoms with van der Waals surface area (Å²) in [4.78, 5) is 2.48. The highest BCUT2D eigenvalue weighted by molar-refractivity contribution is 14.1. The Labute approximate surface area is 141 Å². The number of nitrogens with one attached hydrogen (secondary N) is 1. The molecule has 2 unspecified atom stereocenters. The molecule has 2 atom stereocenters. The van der Waals surface area contributed by atoms with E-state index < -0.39 is 0 Å². The van der Waals surface area contributed by atoms with E-state index in [9.17, 15) is 4.39 Å². The summed E-state index contributed by atoms with van der Waals surface area (Å²) in [6, 6.07) is 6.12. The van der Waals surface area contributed by atoms with Crippen molar-refractivity contribution in [3.05, 3.63) is 27.6 Å². The van der Waals surface area contributed by atoms with Crippen molar-refractivity contribution in [3.63, 3.8) is 0 Å². The minimum absolute atomic E-state index is 0.155. The Morgan fingerprint density at radius 1 is 1.33 bits per heavy atom. The number of nitrogens with zero attached hydrogens (tertiary/aromatic N) is 1. The van der Waals surface area contributed by atoms with Crippen LogP contribution >= 0.6 is 22.6 Å². The van der Waals surface area contributed by atoms with E-state index in [-0.39, 0.29) is 5.82 Å². The molecule has 1 N–H and O–H groups in total. The van der Waals surface area contributed by atoms with Gasteiger partial charge >= 0.3 is 0 Å². The third-order valence-electron chi connectivity index (χ3n) is 4.18. The van der Waals surface area contributed by atoms with Crippen LogP contribution in [0.2, 0.25) is 0 Å². The van der Waals surface area contributed by atoms with Crippen LogP contribution in [0.15, 0.2) is 18.2 Å². The highest BCUT2D eigenvalue weighted by Crippen LogP contribution is 2.29. The Hall–Kier alpha value is -0.360. The molecule has 4 heteroatoms. The van der Waals surface area contributed by atoms with Crippen molar-refractivity contribution in [2.24, 2.45) is 11.8 Å². The molecule has 1 fully saturated rings. The molecular formula is C17H26FIN2. The lowest BCUT2D eigenvalue weighted by Crippen LogP contribution is -2.59. The van der Waals surface area contributed by atoms with Crippen LogP contribution in [0.3, 0.4) is 0 Å². The second-order valence-electron chi connectivity index (χ2n) is 6.79. The molecule has 0 radical (unpaired) electrons. The number of piperazine rings is 1. The Balaban J connectivity index is 2.25. The summed E-state index contributed by atoms with van der Waals surface area (Å²) in [6.45, 7) is 11.1. The fourth-order valence-electron chi connectivity index (χ4n) is 3.15. The minimum atomic E-state index is -0.155. The fourth-order valence-corrected chi connectivity index (χ4v) is 3.94. The zero-order valence-electron chi connectivity index (χ0n) is 13.4. The summed E-state index contributed by atoms with van der Waals surface area (Å²) >= 11 is 2.25. The molecule has 0 spiro atoms. The molecule has 1 saturated heterocycles. The molecule has 0 amide bonds. The smallest absolute Gasteiger partial charge is 0.124 e. The molecule has 0 bridgehead atoms. The van der Waals surface area contributed by atoms with Crippen molar-refractivity contribution < 1.29 is 4.39 Å². The van der Waals surface area contributed by atoms with Gasteiger partial charge in [0.05, 0.1) is 5.69 Å². The minimum Gasteiger partial charge on any atom is -0.365 e. The van der Waals surface area contributed by atoms with Crippen molar-refractivity contribution in [1.29, 1.82) is 0 Å². The van der Waals surface area contributed by atoms with Crippen LogP contribution < -0.4 is 10.2 Å². The first-order valence-electron chi connectivity index (χ1n) is 7.83. The van der Waals surface area contributed by atoms with Gasteiger partial charge in [0.2, 0.25) is 0 Å². The van der Waals surface area contributed by atoms with Crippen LogP contribution in [0.4, 0.5) is 10.1 Å². The van der Waals surface area contributed by atoms with Gasteiger partial charge in [-0.05, 0) is 59.0 Å². The average molecular weight is 404 g/mol. The van der Waals surface area contributed by atoms with Crippen LogP contribution in [0.5, 0.6) is 0 Å². The predicted molar refractivity (Wildman–Crippen MR) is 96.3 cm³/mol. The largest absolute Gasteiger partial charge is 0.365 e. The summed E-state index contributed by atoms with van der Waals surface area (Å²) in [5, 5.41) is 3.69. The lowest BCUT2D eigenvalue weighted by Gasteiger charge is -2.44. The zero-order valence-corrected chi connectivity index (χ0v) is 15.5. The standard InChI is InChI=1S/C17H26FIN2/c1-11(2)7-14-10-21(17(9-20-14)12(3)4)16-6-5-13(18)8-15(16)19/h5-6,8,11-12,14,17,20H,7,9-10H2,1-4H3. The van der Waals surface area contributed by atoms with Gasteiger partial charge in [-0.25, -0.2) is 4.39 Å². The van der Waals surface area contributed by atoms with Crippen LogP contribution in [0.1, 0.15) is 34.1 Å². The van der Waals surface area contributed by atoms with E-state index in [2.05, 4.69) is 60.5 Å². The number of hydrogen-bond acceptors (Lipinski definition) is 2. The summed E-state index contributed by atoms with van der Waals surface area (Å²) in [7, 11) is 0. The molecule has 21 heavy (non-hydrogen) atoms. The highest BCUT2D eigenvalue weighted by atomic mass is 127. The Morgan fingerprint density at radius 2 is 2.05 bits per heavy atom. The van der Waals surface area contributed by atoms with E-state index in [1.54, 1.807) is 12.1 Å². The topological polar surface area (TPSA) is 15.3 Å². The SMILES string of the molecule is CC(C)CC1CN(c2ccc(F)cc2I)C(C(C)C)CN1. The van der Waals surface area contributed by atoms with Gasteiger partial charge in [-0.1, -0.05) is 27.7 Å². The molecule has 2 nitrogen and oxygen atoms in total. The van der Waals surface area contributed by atoms with Gasteiger partial charge in [-0.2, -0.15) is 0 Å². The summed E-state index contributed by atoms with van der Waals surface area (Å²) in [5.74, 6) is 1.10. The first kappa shape index (κ1) is 17.0. The Morgan fingerprint density at radius 3 is 2.62 bits per heavy atom. The lowest BCUT2D eigenvalue weighted by molar-refractivity contribution is 0.310. The second-order valence-corrected chi connectivity index (χ2v) is 7.96. The summed E-state index contributed by atoms with van der Waals surface area (Å²) in [6.07, 6.45) is 1.18. The van der Waals surface area contributed by atoms with Crippen molar-refractivity contribution in [3.8, 4) is 0 Å². The molecule has 118 valence electrons. The van der Waals surface area contributed by atoms with Gasteiger partial charge in [-0.15, -0.1) is 0 Å². The maximum Gasteiger partial charge on any atom is 0.124 e. The van der Waals surface area contributed by atoms with Gasteiger partial charge < -0.3 is 10.2 Å². The van der Waals surface area contributed by atoms with Crippen LogP contribution in [-0.2, 0) is 0 Å². The van der Waals surface area contributed by atoms with E-state index in [1.165, 1.54) is 12.1 Å². The van der Waals surface area contributed by atoms with Crippen molar-refractivity contribution in [2.75, 3.05) is 18.0 Å². The molecule has 2 rings (SSSR count). The molecule has 1 aromatic carbocycles. The summed E-state index contributed by atoms with van der Waals surface area (Å²) < 4.78 is 14.4.